The number of halogens is 1. The third-order valence-electron chi connectivity index (χ3n) is 2.03. The summed E-state index contributed by atoms with van der Waals surface area (Å²) in [5.74, 6) is 0. The Balaban J connectivity index is 2.00. The topological polar surface area (TPSA) is 61.6 Å². The van der Waals surface area contributed by atoms with Gasteiger partial charge < -0.3 is 5.32 Å². The molecule has 0 saturated heterocycles. The first-order valence-corrected chi connectivity index (χ1v) is 6.98. The largest absolute Gasteiger partial charge is 0.355 e. The van der Waals surface area contributed by atoms with Crippen molar-refractivity contribution >= 4 is 39.4 Å². The Kier molecular flexibility index (Phi) is 3.94. The molecule has 2 heterocycles. The fourth-order valence-electron chi connectivity index (χ4n) is 1.19. The molecule has 1 N–H and O–H groups in total. The molecule has 2 aromatic rings. The zero-order valence-electron chi connectivity index (χ0n) is 9.03. The maximum atomic E-state index is 8.75. The van der Waals surface area contributed by atoms with Gasteiger partial charge >= 0.3 is 0 Å². The Hall–Kier alpha value is -1.16. The summed E-state index contributed by atoms with van der Waals surface area (Å²) in [4.78, 5) is 10.0. The van der Waals surface area contributed by atoms with Crippen molar-refractivity contribution in [1.82, 2.24) is 9.97 Å². The van der Waals surface area contributed by atoms with Crippen LogP contribution in [0.4, 0.5) is 5.13 Å². The zero-order valence-corrected chi connectivity index (χ0v) is 11.4. The van der Waals surface area contributed by atoms with E-state index in [4.69, 9.17) is 16.9 Å². The van der Waals surface area contributed by atoms with Crippen LogP contribution in [0.5, 0.6) is 0 Å². The fourth-order valence-corrected chi connectivity index (χ4v) is 2.94. The number of aromatic nitrogens is 2. The molecule has 0 aliphatic heterocycles. The van der Waals surface area contributed by atoms with Crippen LogP contribution in [-0.4, -0.2) is 9.97 Å². The van der Waals surface area contributed by atoms with Gasteiger partial charge in [-0.2, -0.15) is 5.26 Å². The molecule has 0 unspecified atom stereocenters. The van der Waals surface area contributed by atoms with E-state index in [1.54, 1.807) is 11.3 Å². The molecule has 0 aliphatic carbocycles. The lowest BCUT2D eigenvalue weighted by Gasteiger charge is -1.97. The van der Waals surface area contributed by atoms with Crippen LogP contribution < -0.4 is 5.32 Å². The smallest absolute Gasteiger partial charge is 0.185 e. The molecule has 0 aliphatic rings. The second-order valence-corrected chi connectivity index (χ2v) is 5.74. The van der Waals surface area contributed by atoms with Crippen LogP contribution in [-0.2, 0) is 13.0 Å². The third kappa shape index (κ3) is 2.94. The summed E-state index contributed by atoms with van der Waals surface area (Å²) in [5, 5.41) is 13.8. The molecule has 0 spiro atoms. The van der Waals surface area contributed by atoms with Crippen LogP contribution in [0.15, 0.2) is 6.20 Å². The van der Waals surface area contributed by atoms with Gasteiger partial charge in [0.15, 0.2) is 10.3 Å². The van der Waals surface area contributed by atoms with Gasteiger partial charge in [0.25, 0.3) is 0 Å². The SMILES string of the molecule is CCc1cnc(CNc2nc(Cl)c(C#N)s2)s1. The van der Waals surface area contributed by atoms with E-state index in [0.717, 1.165) is 11.4 Å². The average molecular weight is 285 g/mol. The van der Waals surface area contributed by atoms with E-state index in [1.807, 2.05) is 12.3 Å². The van der Waals surface area contributed by atoms with Crippen LogP contribution >= 0.6 is 34.3 Å². The Labute approximate surface area is 112 Å². The summed E-state index contributed by atoms with van der Waals surface area (Å²) < 4.78 is 0. The normalized spacial score (nSPS) is 10.2. The second kappa shape index (κ2) is 5.45. The van der Waals surface area contributed by atoms with Gasteiger partial charge in [0.1, 0.15) is 16.0 Å². The van der Waals surface area contributed by atoms with E-state index < -0.39 is 0 Å². The van der Waals surface area contributed by atoms with Gasteiger partial charge in [-0.15, -0.1) is 11.3 Å². The molecule has 0 radical (unpaired) electrons. The van der Waals surface area contributed by atoms with Crippen molar-refractivity contribution in [2.75, 3.05) is 5.32 Å². The van der Waals surface area contributed by atoms with Crippen LogP contribution in [0.3, 0.4) is 0 Å². The Morgan fingerprint density at radius 1 is 1.53 bits per heavy atom. The lowest BCUT2D eigenvalue weighted by molar-refractivity contribution is 1.09. The van der Waals surface area contributed by atoms with Crippen molar-refractivity contribution < 1.29 is 0 Å². The number of nitrogens with one attached hydrogen (secondary N) is 1. The van der Waals surface area contributed by atoms with Crippen LogP contribution in [0.1, 0.15) is 21.7 Å². The maximum absolute atomic E-state index is 8.75. The summed E-state index contributed by atoms with van der Waals surface area (Å²) in [6.45, 7) is 2.71. The molecule has 0 aromatic carbocycles. The summed E-state index contributed by atoms with van der Waals surface area (Å²) in [6, 6.07) is 2.00. The minimum absolute atomic E-state index is 0.258. The molecule has 0 amide bonds. The number of nitriles is 1. The van der Waals surface area contributed by atoms with E-state index in [1.165, 1.54) is 16.2 Å². The monoisotopic (exact) mass is 284 g/mol. The highest BCUT2D eigenvalue weighted by Crippen LogP contribution is 2.26. The van der Waals surface area contributed by atoms with E-state index in [0.29, 0.717) is 16.6 Å². The number of hydrogen-bond acceptors (Lipinski definition) is 6. The summed E-state index contributed by atoms with van der Waals surface area (Å²) in [7, 11) is 0. The Bertz CT molecular complexity index is 555. The fraction of sp³-hybridized carbons (Fsp3) is 0.300. The van der Waals surface area contributed by atoms with Crippen LogP contribution in [0, 0.1) is 11.3 Å². The van der Waals surface area contributed by atoms with Gasteiger partial charge in [-0.1, -0.05) is 29.9 Å². The van der Waals surface area contributed by atoms with Crippen molar-refractivity contribution in [3.8, 4) is 6.07 Å². The van der Waals surface area contributed by atoms with Gasteiger partial charge in [-0.25, -0.2) is 9.97 Å². The highest BCUT2D eigenvalue weighted by molar-refractivity contribution is 7.16. The molecule has 4 nitrogen and oxygen atoms in total. The number of thiazole rings is 2. The molecular weight excluding hydrogens is 276 g/mol. The Morgan fingerprint density at radius 2 is 2.35 bits per heavy atom. The minimum atomic E-state index is 0.258. The predicted octanol–water partition coefficient (Wildman–Crippen LogP) is 3.30. The molecule has 88 valence electrons. The first kappa shape index (κ1) is 12.3. The average Bonchev–Trinajstić information content (AvgIpc) is 2.92. The first-order valence-electron chi connectivity index (χ1n) is 4.96. The second-order valence-electron chi connectivity index (χ2n) is 3.18. The van der Waals surface area contributed by atoms with Crippen molar-refractivity contribution in [2.24, 2.45) is 0 Å². The van der Waals surface area contributed by atoms with Gasteiger partial charge in [0.05, 0.1) is 6.54 Å². The van der Waals surface area contributed by atoms with Gasteiger partial charge in [-0.3, -0.25) is 0 Å². The lowest BCUT2D eigenvalue weighted by Crippen LogP contribution is -1.97. The molecule has 17 heavy (non-hydrogen) atoms. The number of rotatable bonds is 4. The van der Waals surface area contributed by atoms with E-state index in [9.17, 15) is 0 Å². The van der Waals surface area contributed by atoms with Crippen molar-refractivity contribution in [2.45, 2.75) is 19.9 Å². The third-order valence-corrected chi connectivity index (χ3v) is 4.47. The highest BCUT2D eigenvalue weighted by Gasteiger charge is 2.08. The standard InChI is InChI=1S/C10H9ClN4S2/c1-2-6-4-13-8(16-6)5-14-10-15-9(11)7(3-12)17-10/h4H,2,5H2,1H3,(H,14,15). The molecule has 0 atom stereocenters. The zero-order chi connectivity index (χ0) is 12.3. The molecule has 0 bridgehead atoms. The lowest BCUT2D eigenvalue weighted by atomic mass is 10.4. The molecule has 2 aromatic heterocycles. The van der Waals surface area contributed by atoms with E-state index in [-0.39, 0.29) is 5.15 Å². The summed E-state index contributed by atoms with van der Waals surface area (Å²) in [5.41, 5.74) is 0. The van der Waals surface area contributed by atoms with Gasteiger partial charge in [-0.05, 0) is 6.42 Å². The molecule has 7 heteroatoms. The van der Waals surface area contributed by atoms with E-state index in [2.05, 4.69) is 22.2 Å². The molecular formula is C10H9ClN4S2. The highest BCUT2D eigenvalue weighted by atomic mass is 35.5. The molecule has 0 fully saturated rings. The van der Waals surface area contributed by atoms with E-state index >= 15 is 0 Å². The van der Waals surface area contributed by atoms with Crippen molar-refractivity contribution in [3.05, 3.63) is 26.1 Å². The van der Waals surface area contributed by atoms with Crippen LogP contribution in [0.2, 0.25) is 5.15 Å². The quantitative estimate of drug-likeness (QED) is 0.936. The molecule has 0 saturated carbocycles. The number of hydrogen-bond donors (Lipinski definition) is 1. The number of nitrogens with zero attached hydrogens (tertiary/aromatic N) is 3. The minimum Gasteiger partial charge on any atom is -0.355 e. The van der Waals surface area contributed by atoms with Crippen molar-refractivity contribution in [1.29, 1.82) is 5.26 Å². The molecule has 2 rings (SSSR count). The first-order chi connectivity index (χ1) is 8.22. The van der Waals surface area contributed by atoms with Gasteiger partial charge in [0.2, 0.25) is 0 Å². The predicted molar refractivity (Wildman–Crippen MR) is 70.7 cm³/mol. The summed E-state index contributed by atoms with van der Waals surface area (Å²) in [6.07, 6.45) is 2.89. The Morgan fingerprint density at radius 3 is 2.94 bits per heavy atom. The number of anilines is 1. The maximum Gasteiger partial charge on any atom is 0.185 e. The van der Waals surface area contributed by atoms with Crippen LogP contribution in [0.25, 0.3) is 0 Å². The van der Waals surface area contributed by atoms with Crippen molar-refractivity contribution in [3.63, 3.8) is 0 Å². The van der Waals surface area contributed by atoms with Gasteiger partial charge in [0, 0.05) is 11.1 Å². The summed E-state index contributed by atoms with van der Waals surface area (Å²) >= 11 is 8.70. The number of aryl methyl sites for hydroxylation is 1.